The fourth-order valence-corrected chi connectivity index (χ4v) is 2.20. The quantitative estimate of drug-likeness (QED) is 0.816. The highest BCUT2D eigenvalue weighted by atomic mass is 15.2. The molecule has 0 bridgehead atoms. The van der Waals surface area contributed by atoms with E-state index in [1.165, 1.54) is 24.9 Å². The lowest BCUT2D eigenvalue weighted by atomic mass is 9.90. The second-order valence-electron chi connectivity index (χ2n) is 4.41. The predicted octanol–water partition coefficient (Wildman–Crippen LogP) is 2.39. The third-order valence-electron chi connectivity index (χ3n) is 3.34. The molecule has 1 aliphatic carbocycles. The van der Waals surface area contributed by atoms with Crippen molar-refractivity contribution >= 4 is 5.69 Å². The predicted molar refractivity (Wildman–Crippen MR) is 65.1 cm³/mol. The minimum Gasteiger partial charge on any atom is -0.365 e. The molecule has 1 saturated carbocycles. The van der Waals surface area contributed by atoms with Gasteiger partial charge in [-0.1, -0.05) is 18.2 Å². The average molecular weight is 204 g/mol. The number of rotatable bonds is 4. The number of hydrogen-bond donors (Lipinski definition) is 1. The molecule has 1 aromatic rings. The first-order valence-electron chi connectivity index (χ1n) is 5.86. The van der Waals surface area contributed by atoms with Gasteiger partial charge in [0, 0.05) is 24.3 Å². The molecule has 1 atom stereocenters. The Labute approximate surface area is 92.1 Å². The summed E-state index contributed by atoms with van der Waals surface area (Å²) in [6.07, 6.45) is 4.00. The summed E-state index contributed by atoms with van der Waals surface area (Å²) in [6, 6.07) is 11.8. The summed E-state index contributed by atoms with van der Waals surface area (Å²) in [4.78, 5) is 2.49. The molecule has 1 aliphatic rings. The van der Waals surface area contributed by atoms with Gasteiger partial charge in [-0.2, -0.15) is 0 Å². The van der Waals surface area contributed by atoms with Crippen LogP contribution < -0.4 is 10.6 Å². The molecule has 0 aliphatic heterocycles. The fourth-order valence-electron chi connectivity index (χ4n) is 2.20. The Kier molecular flexibility index (Phi) is 3.27. The highest BCUT2D eigenvalue weighted by Crippen LogP contribution is 2.30. The van der Waals surface area contributed by atoms with Crippen LogP contribution in [0.25, 0.3) is 0 Å². The molecule has 0 radical (unpaired) electrons. The molecule has 2 nitrogen and oxygen atoms in total. The van der Waals surface area contributed by atoms with Gasteiger partial charge >= 0.3 is 0 Å². The average Bonchev–Trinajstić information content (AvgIpc) is 2.23. The van der Waals surface area contributed by atoms with Crippen LogP contribution in [0.15, 0.2) is 30.3 Å². The van der Waals surface area contributed by atoms with Gasteiger partial charge in [-0.05, 0) is 38.3 Å². The molecular weight excluding hydrogens is 184 g/mol. The Morgan fingerprint density at radius 2 is 2.00 bits per heavy atom. The molecular formula is C13H20N2. The Morgan fingerprint density at radius 1 is 1.33 bits per heavy atom. The molecule has 0 spiro atoms. The van der Waals surface area contributed by atoms with Gasteiger partial charge in [-0.3, -0.25) is 0 Å². The van der Waals surface area contributed by atoms with Gasteiger partial charge in [-0.25, -0.2) is 0 Å². The summed E-state index contributed by atoms with van der Waals surface area (Å²) in [6.45, 7) is 2.94. The third-order valence-corrected chi connectivity index (χ3v) is 3.34. The maximum Gasteiger partial charge on any atom is 0.0387 e. The maximum absolute atomic E-state index is 5.79. The Morgan fingerprint density at radius 3 is 2.47 bits per heavy atom. The summed E-state index contributed by atoms with van der Waals surface area (Å²) >= 11 is 0. The molecule has 2 heteroatoms. The lowest BCUT2D eigenvalue weighted by Crippen LogP contribution is -2.48. The molecule has 1 fully saturated rings. The van der Waals surface area contributed by atoms with E-state index in [-0.39, 0.29) is 0 Å². The van der Waals surface area contributed by atoms with Gasteiger partial charge in [0.05, 0.1) is 0 Å². The SMILES string of the molecule is CC(CN)N(c1ccccc1)C1CCC1. The van der Waals surface area contributed by atoms with Crippen LogP contribution in [0.5, 0.6) is 0 Å². The van der Waals surface area contributed by atoms with Crippen LogP contribution in [-0.4, -0.2) is 18.6 Å². The topological polar surface area (TPSA) is 29.3 Å². The van der Waals surface area contributed by atoms with E-state index in [0.717, 1.165) is 6.54 Å². The Balaban J connectivity index is 2.18. The van der Waals surface area contributed by atoms with E-state index in [2.05, 4.69) is 42.2 Å². The van der Waals surface area contributed by atoms with E-state index in [4.69, 9.17) is 5.73 Å². The maximum atomic E-state index is 5.79. The van der Waals surface area contributed by atoms with Crippen LogP contribution in [-0.2, 0) is 0 Å². The third kappa shape index (κ3) is 2.15. The van der Waals surface area contributed by atoms with Gasteiger partial charge in [-0.15, -0.1) is 0 Å². The van der Waals surface area contributed by atoms with Crippen LogP contribution >= 0.6 is 0 Å². The number of benzene rings is 1. The van der Waals surface area contributed by atoms with Crippen molar-refractivity contribution in [3.8, 4) is 0 Å². The summed E-state index contributed by atoms with van der Waals surface area (Å²) < 4.78 is 0. The van der Waals surface area contributed by atoms with Gasteiger partial charge in [0.1, 0.15) is 0 Å². The van der Waals surface area contributed by atoms with Crippen molar-refractivity contribution in [1.29, 1.82) is 0 Å². The molecule has 15 heavy (non-hydrogen) atoms. The van der Waals surface area contributed by atoms with E-state index in [9.17, 15) is 0 Å². The number of nitrogens with zero attached hydrogens (tertiary/aromatic N) is 1. The fraction of sp³-hybridized carbons (Fsp3) is 0.538. The zero-order chi connectivity index (χ0) is 10.7. The van der Waals surface area contributed by atoms with Gasteiger partial charge in [0.25, 0.3) is 0 Å². The molecule has 1 unspecified atom stereocenters. The summed E-state index contributed by atoms with van der Waals surface area (Å²) in [5.41, 5.74) is 7.10. The van der Waals surface area contributed by atoms with E-state index in [1.54, 1.807) is 0 Å². The summed E-state index contributed by atoms with van der Waals surface area (Å²) in [7, 11) is 0. The first-order valence-corrected chi connectivity index (χ1v) is 5.86. The second-order valence-corrected chi connectivity index (χ2v) is 4.41. The van der Waals surface area contributed by atoms with Crippen molar-refractivity contribution in [2.75, 3.05) is 11.4 Å². The highest BCUT2D eigenvalue weighted by molar-refractivity contribution is 5.48. The van der Waals surface area contributed by atoms with E-state index in [0.29, 0.717) is 12.1 Å². The molecule has 0 aromatic heterocycles. The molecule has 1 aromatic carbocycles. The molecule has 0 amide bonds. The molecule has 2 N–H and O–H groups in total. The second kappa shape index (κ2) is 4.67. The molecule has 2 rings (SSSR count). The smallest absolute Gasteiger partial charge is 0.0387 e. The van der Waals surface area contributed by atoms with Gasteiger partial charge < -0.3 is 10.6 Å². The van der Waals surface area contributed by atoms with Crippen LogP contribution in [0.3, 0.4) is 0 Å². The lowest BCUT2D eigenvalue weighted by Gasteiger charge is -2.43. The minimum absolute atomic E-state index is 0.442. The van der Waals surface area contributed by atoms with Crippen molar-refractivity contribution in [3.05, 3.63) is 30.3 Å². The zero-order valence-corrected chi connectivity index (χ0v) is 9.39. The Bertz CT molecular complexity index is 288. The van der Waals surface area contributed by atoms with Crippen molar-refractivity contribution in [3.63, 3.8) is 0 Å². The Hall–Kier alpha value is -1.02. The van der Waals surface area contributed by atoms with Crippen LogP contribution in [0.2, 0.25) is 0 Å². The van der Waals surface area contributed by atoms with Crippen molar-refractivity contribution < 1.29 is 0 Å². The number of nitrogens with two attached hydrogens (primary N) is 1. The molecule has 0 saturated heterocycles. The van der Waals surface area contributed by atoms with Crippen LogP contribution in [0, 0.1) is 0 Å². The first kappa shape index (κ1) is 10.5. The number of hydrogen-bond acceptors (Lipinski definition) is 2. The largest absolute Gasteiger partial charge is 0.365 e. The van der Waals surface area contributed by atoms with Gasteiger partial charge in [0.2, 0.25) is 0 Å². The van der Waals surface area contributed by atoms with E-state index in [1.807, 2.05) is 0 Å². The highest BCUT2D eigenvalue weighted by Gasteiger charge is 2.27. The van der Waals surface area contributed by atoms with E-state index < -0.39 is 0 Å². The molecule has 82 valence electrons. The van der Waals surface area contributed by atoms with Crippen molar-refractivity contribution in [2.24, 2.45) is 5.73 Å². The first-order chi connectivity index (χ1) is 7.33. The zero-order valence-electron chi connectivity index (χ0n) is 9.39. The van der Waals surface area contributed by atoms with E-state index >= 15 is 0 Å². The monoisotopic (exact) mass is 204 g/mol. The number of anilines is 1. The van der Waals surface area contributed by atoms with Crippen molar-refractivity contribution in [2.45, 2.75) is 38.3 Å². The van der Waals surface area contributed by atoms with Crippen molar-refractivity contribution in [1.82, 2.24) is 0 Å². The summed E-state index contributed by atoms with van der Waals surface area (Å²) in [5.74, 6) is 0. The number of para-hydroxylation sites is 1. The minimum atomic E-state index is 0.442. The van der Waals surface area contributed by atoms with Gasteiger partial charge in [0.15, 0.2) is 0 Å². The molecule has 0 heterocycles. The standard InChI is InChI=1S/C13H20N2/c1-11(10-14)15(13-8-5-9-13)12-6-3-2-4-7-12/h2-4,6-7,11,13H,5,8-10,14H2,1H3. The van der Waals surface area contributed by atoms with Crippen LogP contribution in [0.1, 0.15) is 26.2 Å². The lowest BCUT2D eigenvalue weighted by molar-refractivity contribution is 0.364. The summed E-state index contributed by atoms with van der Waals surface area (Å²) in [5, 5.41) is 0. The van der Waals surface area contributed by atoms with Crippen LogP contribution in [0.4, 0.5) is 5.69 Å². The normalized spacial score (nSPS) is 18.3.